The lowest BCUT2D eigenvalue weighted by Gasteiger charge is -2.22. The maximum absolute atomic E-state index is 12.3. The number of hydrogen-bond donors (Lipinski definition) is 3. The monoisotopic (exact) mass is 391 g/mol. The van der Waals surface area contributed by atoms with Crippen molar-refractivity contribution in [3.8, 4) is 0 Å². The van der Waals surface area contributed by atoms with Gasteiger partial charge in [0.05, 0.1) is 12.6 Å². The molecule has 0 bridgehead atoms. The molecule has 0 saturated heterocycles. The summed E-state index contributed by atoms with van der Waals surface area (Å²) in [5, 5.41) is 12.0. The van der Waals surface area contributed by atoms with Gasteiger partial charge in [0.25, 0.3) is 5.91 Å². The first-order valence-corrected chi connectivity index (χ1v) is 9.70. The number of aromatic nitrogens is 1. The molecule has 1 heterocycles. The molecule has 1 amide bonds. The van der Waals surface area contributed by atoms with E-state index in [0.717, 1.165) is 11.1 Å². The lowest BCUT2D eigenvalue weighted by molar-refractivity contribution is -0.671. The number of amides is 1. The summed E-state index contributed by atoms with van der Waals surface area (Å²) in [6.07, 6.45) is 7.06. The van der Waals surface area contributed by atoms with Gasteiger partial charge in [-0.1, -0.05) is 24.3 Å². The molecule has 1 aromatic carbocycles. The highest BCUT2D eigenvalue weighted by atomic mass is 31.2. The fourth-order valence-electron chi connectivity index (χ4n) is 2.37. The third-order valence-electron chi connectivity index (χ3n) is 4.01. The van der Waals surface area contributed by atoms with Crippen molar-refractivity contribution in [3.63, 3.8) is 0 Å². The minimum atomic E-state index is -3.15. The molecule has 0 saturated carbocycles. The van der Waals surface area contributed by atoms with Crippen molar-refractivity contribution >= 4 is 26.7 Å². The van der Waals surface area contributed by atoms with Gasteiger partial charge in [-0.15, -0.1) is 0 Å². The van der Waals surface area contributed by atoms with Crippen LogP contribution in [-0.4, -0.2) is 34.7 Å². The van der Waals surface area contributed by atoms with Crippen molar-refractivity contribution in [3.05, 3.63) is 65.5 Å². The first kappa shape index (κ1) is 21.2. The van der Waals surface area contributed by atoms with E-state index in [-0.39, 0.29) is 0 Å². The zero-order chi connectivity index (χ0) is 19.8. The second-order valence-corrected chi connectivity index (χ2v) is 6.87. The third kappa shape index (κ3) is 6.82. The Balaban J connectivity index is 1.98. The summed E-state index contributed by atoms with van der Waals surface area (Å²) in [6.45, 7) is 1.11. The number of aliphatic hydroxyl groups excluding tert-OH is 1. The van der Waals surface area contributed by atoms with Crippen molar-refractivity contribution in [1.29, 1.82) is 0 Å². The van der Waals surface area contributed by atoms with Crippen LogP contribution in [0, 0.1) is 0 Å². The Labute approximate surface area is 159 Å². The number of pyridine rings is 1. The number of carbonyl (C=O) groups excluding carboxylic acids is 1. The fourth-order valence-corrected chi connectivity index (χ4v) is 2.85. The summed E-state index contributed by atoms with van der Waals surface area (Å²) in [7, 11) is -1.19. The Hall–Kier alpha value is -2.15. The molecule has 8 heteroatoms. The molecule has 1 aromatic heterocycles. The first-order valence-electron chi connectivity index (χ1n) is 8.44. The van der Waals surface area contributed by atoms with E-state index in [1.807, 2.05) is 60.4 Å². The molecule has 3 N–H and O–H groups in total. The summed E-state index contributed by atoms with van der Waals surface area (Å²) < 4.78 is 6.71. The molecule has 7 nitrogen and oxygen atoms in total. The van der Waals surface area contributed by atoms with Crippen LogP contribution in [0.2, 0.25) is 0 Å². The van der Waals surface area contributed by atoms with E-state index in [4.69, 9.17) is 9.42 Å². The minimum absolute atomic E-state index is 0.395. The predicted molar refractivity (Wildman–Crippen MR) is 102 cm³/mol. The van der Waals surface area contributed by atoms with Crippen LogP contribution < -0.4 is 14.8 Å². The molecule has 0 radical (unpaired) electrons. The molecule has 0 aliphatic carbocycles. The molecular weight excluding hydrogens is 367 g/mol. The number of aryl methyl sites for hydroxylation is 1. The Kier molecular flexibility index (Phi) is 8.03. The van der Waals surface area contributed by atoms with E-state index in [0.29, 0.717) is 5.56 Å². The number of nitrogens with zero attached hydrogens (tertiary/aromatic N) is 1. The van der Waals surface area contributed by atoms with Crippen LogP contribution in [0.4, 0.5) is 0 Å². The van der Waals surface area contributed by atoms with Crippen LogP contribution in [0.3, 0.4) is 0 Å². The Morgan fingerprint density at radius 2 is 1.78 bits per heavy atom. The summed E-state index contributed by atoms with van der Waals surface area (Å²) in [5.41, 5.74) is 2.42. The van der Waals surface area contributed by atoms with Gasteiger partial charge in [0.2, 0.25) is 8.60 Å². The predicted octanol–water partition coefficient (Wildman–Crippen LogP) is 0.489. The van der Waals surface area contributed by atoms with Crippen molar-refractivity contribution in [1.82, 2.24) is 5.32 Å². The van der Waals surface area contributed by atoms with E-state index in [1.165, 1.54) is 6.92 Å². The zero-order valence-electron chi connectivity index (χ0n) is 15.2. The standard InChI is InChI=1S/C19H23N2O5P/c1-14(26-27(24)25)18(13-22)20-19(23)17-7-5-15(6-8-17)3-4-16-9-11-21(2)12-10-16/h3-12,14,18,22,24,27H,13H2,1-2H3/p+1/b4-3+/t14-,18-/m0/s1. The van der Waals surface area contributed by atoms with Crippen LogP contribution in [0.15, 0.2) is 48.8 Å². The highest BCUT2D eigenvalue weighted by Crippen LogP contribution is 2.23. The van der Waals surface area contributed by atoms with Crippen LogP contribution in [0.5, 0.6) is 0 Å². The Morgan fingerprint density at radius 3 is 2.30 bits per heavy atom. The van der Waals surface area contributed by atoms with E-state index in [1.54, 1.807) is 12.1 Å². The highest BCUT2D eigenvalue weighted by Gasteiger charge is 2.23. The maximum atomic E-state index is 12.3. The SMILES string of the molecule is C[C@H](O[PH+]([O-])O)[C@H](CO)NC(=O)c1ccc(/C=C/c2cc[n+](C)cc2)cc1. The fraction of sp³-hybridized carbons (Fsp3) is 0.263. The minimum Gasteiger partial charge on any atom is -0.633 e. The number of aliphatic hydroxyl groups is 1. The number of carbonyl (C=O) groups is 1. The van der Waals surface area contributed by atoms with Crippen molar-refractivity contribution in [2.24, 2.45) is 7.05 Å². The topological polar surface area (TPSA) is 106 Å². The van der Waals surface area contributed by atoms with E-state index in [2.05, 4.69) is 5.32 Å². The van der Waals surface area contributed by atoms with Crippen LogP contribution in [-0.2, 0) is 11.6 Å². The van der Waals surface area contributed by atoms with Gasteiger partial charge in [0.15, 0.2) is 12.4 Å². The molecule has 0 aliphatic rings. The van der Waals surface area contributed by atoms with Crippen LogP contribution >= 0.6 is 8.60 Å². The molecular formula is C19H24N2O5P+. The molecule has 1 unspecified atom stereocenters. The van der Waals surface area contributed by atoms with Gasteiger partial charge < -0.3 is 15.3 Å². The quantitative estimate of drug-likeness (QED) is 0.449. The van der Waals surface area contributed by atoms with Gasteiger partial charge >= 0.3 is 0 Å². The summed E-state index contributed by atoms with van der Waals surface area (Å²) in [4.78, 5) is 31.9. The average Bonchev–Trinajstić information content (AvgIpc) is 2.65. The molecule has 3 atom stereocenters. The molecule has 0 aliphatic heterocycles. The van der Waals surface area contributed by atoms with Crippen molar-refractivity contribution in [2.75, 3.05) is 6.61 Å². The van der Waals surface area contributed by atoms with Crippen molar-refractivity contribution < 1.29 is 28.8 Å². The molecule has 2 rings (SSSR count). The molecule has 27 heavy (non-hydrogen) atoms. The number of benzene rings is 1. The molecule has 144 valence electrons. The van der Waals surface area contributed by atoms with Crippen LogP contribution in [0.1, 0.15) is 28.4 Å². The average molecular weight is 391 g/mol. The van der Waals surface area contributed by atoms with Crippen molar-refractivity contribution in [2.45, 2.75) is 19.1 Å². The zero-order valence-corrected chi connectivity index (χ0v) is 16.2. The van der Waals surface area contributed by atoms with E-state index >= 15 is 0 Å². The van der Waals surface area contributed by atoms with Gasteiger partial charge in [-0.3, -0.25) is 4.79 Å². The Bertz CT molecular complexity index is 763. The number of nitrogens with one attached hydrogen (secondary N) is 1. The van der Waals surface area contributed by atoms with Crippen LogP contribution in [0.25, 0.3) is 12.2 Å². The lowest BCUT2D eigenvalue weighted by Crippen LogP contribution is -2.45. The summed E-state index contributed by atoms with van der Waals surface area (Å²) in [6, 6.07) is 10.2. The van der Waals surface area contributed by atoms with E-state index < -0.39 is 33.3 Å². The molecule has 0 spiro atoms. The van der Waals surface area contributed by atoms with Gasteiger partial charge in [-0.2, -0.15) is 0 Å². The third-order valence-corrected chi connectivity index (χ3v) is 4.59. The number of hydrogen-bond acceptors (Lipinski definition) is 5. The van der Waals surface area contributed by atoms with Gasteiger partial charge in [0.1, 0.15) is 13.2 Å². The lowest BCUT2D eigenvalue weighted by atomic mass is 10.1. The normalized spacial score (nSPS) is 14.7. The summed E-state index contributed by atoms with van der Waals surface area (Å²) in [5.74, 6) is -0.395. The van der Waals surface area contributed by atoms with Gasteiger partial charge in [-0.05, 0) is 30.2 Å². The van der Waals surface area contributed by atoms with E-state index in [9.17, 15) is 14.8 Å². The van der Waals surface area contributed by atoms with Gasteiger partial charge in [0, 0.05) is 17.7 Å². The van der Waals surface area contributed by atoms with Gasteiger partial charge in [-0.25, -0.2) is 14.0 Å². The summed E-state index contributed by atoms with van der Waals surface area (Å²) >= 11 is 0. The second kappa shape index (κ2) is 10.3. The Morgan fingerprint density at radius 1 is 1.22 bits per heavy atom. The largest absolute Gasteiger partial charge is 0.633 e. The molecule has 2 aromatic rings. The highest BCUT2D eigenvalue weighted by molar-refractivity contribution is 7.37. The smallest absolute Gasteiger partial charge is 0.251 e. The molecule has 0 fully saturated rings. The maximum Gasteiger partial charge on any atom is 0.251 e. The first-order chi connectivity index (χ1) is 12.9. The number of rotatable bonds is 8. The second-order valence-electron chi connectivity index (χ2n) is 6.10.